The third-order valence-electron chi connectivity index (χ3n) is 3.10. The van der Waals surface area contributed by atoms with Crippen LogP contribution >= 0.6 is 0 Å². The highest BCUT2D eigenvalue weighted by Crippen LogP contribution is 2.19. The fraction of sp³-hybridized carbons (Fsp3) is 0.400. The molecule has 0 bridgehead atoms. The number of nitrogens with zero attached hydrogens (tertiary/aromatic N) is 1. The van der Waals surface area contributed by atoms with Crippen LogP contribution in [-0.2, 0) is 0 Å². The molecule has 2 rings (SSSR count). The maximum Gasteiger partial charge on any atom is 0.121 e. The summed E-state index contributed by atoms with van der Waals surface area (Å²) >= 11 is 0. The highest BCUT2D eigenvalue weighted by atomic mass is 16.5. The minimum atomic E-state index is -0.520. The summed E-state index contributed by atoms with van der Waals surface area (Å²) < 4.78 is 5.68. The molecule has 0 saturated carbocycles. The summed E-state index contributed by atoms with van der Waals surface area (Å²) in [4.78, 5) is 4.29. The summed E-state index contributed by atoms with van der Waals surface area (Å²) in [5.41, 5.74) is 6.26. The van der Waals surface area contributed by atoms with Crippen LogP contribution in [0.3, 0.4) is 0 Å². The van der Waals surface area contributed by atoms with Crippen LogP contribution in [0.2, 0.25) is 0 Å². The molecule has 102 valence electrons. The average molecular weight is 260 g/mol. The highest BCUT2D eigenvalue weighted by molar-refractivity contribution is 5.79. The van der Waals surface area contributed by atoms with E-state index >= 15 is 0 Å². The molecule has 1 atom stereocenters. The van der Waals surface area contributed by atoms with E-state index < -0.39 is 5.54 Å². The van der Waals surface area contributed by atoms with E-state index in [1.54, 1.807) is 6.20 Å². The van der Waals surface area contributed by atoms with Crippen molar-refractivity contribution in [3.05, 3.63) is 36.5 Å². The number of nitrogens with two attached hydrogens (primary N) is 1. The molecule has 1 aromatic heterocycles. The maximum atomic E-state index is 9.05. The van der Waals surface area contributed by atoms with E-state index in [9.17, 15) is 0 Å². The summed E-state index contributed by atoms with van der Waals surface area (Å²) in [5, 5.41) is 10.2. The third-order valence-corrected chi connectivity index (χ3v) is 3.10. The smallest absolute Gasteiger partial charge is 0.121 e. The van der Waals surface area contributed by atoms with E-state index in [4.69, 9.17) is 15.6 Å². The topological polar surface area (TPSA) is 68.4 Å². The SMILES string of the molecule is CC(N)(CO)CCCOc1ccc2cccnc2c1. The second-order valence-electron chi connectivity index (χ2n) is 5.12. The van der Waals surface area contributed by atoms with Crippen molar-refractivity contribution in [2.24, 2.45) is 5.73 Å². The van der Waals surface area contributed by atoms with Crippen molar-refractivity contribution in [2.45, 2.75) is 25.3 Å². The van der Waals surface area contributed by atoms with Gasteiger partial charge in [-0.05, 0) is 38.0 Å². The summed E-state index contributed by atoms with van der Waals surface area (Å²) in [6.45, 7) is 2.42. The monoisotopic (exact) mass is 260 g/mol. The molecule has 1 heterocycles. The molecule has 4 heteroatoms. The van der Waals surface area contributed by atoms with Gasteiger partial charge < -0.3 is 15.6 Å². The molecule has 2 aromatic rings. The molecule has 0 radical (unpaired) electrons. The Labute approximate surface area is 113 Å². The van der Waals surface area contributed by atoms with Crippen molar-refractivity contribution in [1.82, 2.24) is 4.98 Å². The van der Waals surface area contributed by atoms with Gasteiger partial charge in [0.1, 0.15) is 5.75 Å². The number of aliphatic hydroxyl groups is 1. The molecule has 1 unspecified atom stereocenters. The van der Waals surface area contributed by atoms with Crippen LogP contribution in [0, 0.1) is 0 Å². The first kappa shape index (κ1) is 13.8. The minimum absolute atomic E-state index is 0.00705. The van der Waals surface area contributed by atoms with Crippen molar-refractivity contribution in [3.8, 4) is 5.75 Å². The Morgan fingerprint density at radius 2 is 2.21 bits per heavy atom. The predicted molar refractivity (Wildman–Crippen MR) is 76.2 cm³/mol. The molecule has 0 aliphatic carbocycles. The van der Waals surface area contributed by atoms with Gasteiger partial charge in [0.25, 0.3) is 0 Å². The molecule has 1 aromatic carbocycles. The number of aliphatic hydroxyl groups excluding tert-OH is 1. The molecule has 0 aliphatic rings. The van der Waals surface area contributed by atoms with Crippen LogP contribution in [-0.4, -0.2) is 28.8 Å². The zero-order valence-electron chi connectivity index (χ0n) is 11.2. The third kappa shape index (κ3) is 3.91. The number of rotatable bonds is 6. The van der Waals surface area contributed by atoms with Crippen LogP contribution in [0.25, 0.3) is 10.9 Å². The maximum absolute atomic E-state index is 9.05. The minimum Gasteiger partial charge on any atom is -0.494 e. The number of ether oxygens (including phenoxy) is 1. The zero-order chi connectivity index (χ0) is 13.7. The van der Waals surface area contributed by atoms with Crippen molar-refractivity contribution >= 4 is 10.9 Å². The summed E-state index contributed by atoms with van der Waals surface area (Å²) in [6, 6.07) is 9.81. The molecule has 3 N–H and O–H groups in total. The number of benzene rings is 1. The quantitative estimate of drug-likeness (QED) is 0.780. The highest BCUT2D eigenvalue weighted by Gasteiger charge is 2.15. The lowest BCUT2D eigenvalue weighted by Gasteiger charge is -2.21. The molecule has 0 spiro atoms. The van der Waals surface area contributed by atoms with Crippen LogP contribution in [0.5, 0.6) is 5.75 Å². The normalized spacial score (nSPS) is 14.3. The van der Waals surface area contributed by atoms with Crippen LogP contribution < -0.4 is 10.5 Å². The molecular formula is C15H20N2O2. The van der Waals surface area contributed by atoms with Gasteiger partial charge in [-0.2, -0.15) is 0 Å². The number of hydrogen-bond donors (Lipinski definition) is 2. The van der Waals surface area contributed by atoms with Gasteiger partial charge >= 0.3 is 0 Å². The standard InChI is InChI=1S/C15H20N2O2/c1-15(16,11-18)7-3-9-19-13-6-5-12-4-2-8-17-14(12)10-13/h2,4-6,8,10,18H,3,7,9,11,16H2,1H3. The van der Waals surface area contributed by atoms with Crippen molar-refractivity contribution < 1.29 is 9.84 Å². The lowest BCUT2D eigenvalue weighted by molar-refractivity contribution is 0.188. The Hall–Kier alpha value is -1.65. The lowest BCUT2D eigenvalue weighted by atomic mass is 9.99. The number of aromatic nitrogens is 1. The Balaban J connectivity index is 1.88. The van der Waals surface area contributed by atoms with Gasteiger partial charge in [0.15, 0.2) is 0 Å². The second kappa shape index (κ2) is 5.99. The number of pyridine rings is 1. The first-order valence-corrected chi connectivity index (χ1v) is 6.48. The largest absolute Gasteiger partial charge is 0.494 e. The van der Waals surface area contributed by atoms with Gasteiger partial charge in [-0.25, -0.2) is 0 Å². The predicted octanol–water partition coefficient (Wildman–Crippen LogP) is 2.10. The summed E-state index contributed by atoms with van der Waals surface area (Å²) in [5.74, 6) is 0.814. The van der Waals surface area contributed by atoms with Gasteiger partial charge in [0.2, 0.25) is 0 Å². The van der Waals surface area contributed by atoms with Gasteiger partial charge in [-0.3, -0.25) is 4.98 Å². The Morgan fingerprint density at radius 1 is 1.37 bits per heavy atom. The fourth-order valence-corrected chi connectivity index (χ4v) is 1.88. The van der Waals surface area contributed by atoms with Gasteiger partial charge in [-0.15, -0.1) is 0 Å². The van der Waals surface area contributed by atoms with E-state index in [2.05, 4.69) is 4.98 Å². The van der Waals surface area contributed by atoms with Crippen LogP contribution in [0.4, 0.5) is 0 Å². The van der Waals surface area contributed by atoms with E-state index in [1.165, 1.54) is 0 Å². The van der Waals surface area contributed by atoms with Crippen molar-refractivity contribution in [1.29, 1.82) is 0 Å². The fourth-order valence-electron chi connectivity index (χ4n) is 1.88. The Bertz CT molecular complexity index is 540. The Kier molecular flexibility index (Phi) is 4.35. The van der Waals surface area contributed by atoms with Crippen LogP contribution in [0.1, 0.15) is 19.8 Å². The zero-order valence-corrected chi connectivity index (χ0v) is 11.2. The number of hydrogen-bond acceptors (Lipinski definition) is 4. The van der Waals surface area contributed by atoms with E-state index in [-0.39, 0.29) is 6.61 Å². The molecule has 0 saturated heterocycles. The molecule has 19 heavy (non-hydrogen) atoms. The molecule has 4 nitrogen and oxygen atoms in total. The van der Waals surface area contributed by atoms with E-state index in [0.29, 0.717) is 6.61 Å². The van der Waals surface area contributed by atoms with Gasteiger partial charge in [0.05, 0.1) is 18.7 Å². The van der Waals surface area contributed by atoms with E-state index in [1.807, 2.05) is 37.3 Å². The lowest BCUT2D eigenvalue weighted by Crippen LogP contribution is -2.40. The van der Waals surface area contributed by atoms with Crippen molar-refractivity contribution in [2.75, 3.05) is 13.2 Å². The molecule has 0 aliphatic heterocycles. The second-order valence-corrected chi connectivity index (χ2v) is 5.12. The first-order valence-electron chi connectivity index (χ1n) is 6.48. The molecule has 0 fully saturated rings. The summed E-state index contributed by atoms with van der Waals surface area (Å²) in [6.07, 6.45) is 3.32. The average Bonchev–Trinajstić information content (AvgIpc) is 2.43. The Morgan fingerprint density at radius 3 is 3.00 bits per heavy atom. The van der Waals surface area contributed by atoms with Gasteiger partial charge in [0, 0.05) is 23.2 Å². The molecule has 0 amide bonds. The van der Waals surface area contributed by atoms with Crippen molar-refractivity contribution in [3.63, 3.8) is 0 Å². The van der Waals surface area contributed by atoms with Crippen LogP contribution in [0.15, 0.2) is 36.5 Å². The number of fused-ring (bicyclic) bond motifs is 1. The molecular weight excluding hydrogens is 240 g/mol. The first-order chi connectivity index (χ1) is 9.11. The summed E-state index contributed by atoms with van der Waals surface area (Å²) in [7, 11) is 0. The van der Waals surface area contributed by atoms with E-state index in [0.717, 1.165) is 29.5 Å². The van der Waals surface area contributed by atoms with Gasteiger partial charge in [-0.1, -0.05) is 6.07 Å².